The molecule has 3 nitrogen and oxygen atoms in total. The van der Waals surface area contributed by atoms with Crippen molar-refractivity contribution in [1.29, 1.82) is 0 Å². The summed E-state index contributed by atoms with van der Waals surface area (Å²) in [5.74, 6) is 0. The fourth-order valence-corrected chi connectivity index (χ4v) is 2.77. The quantitative estimate of drug-likeness (QED) is 0.912. The molecule has 0 amide bonds. The van der Waals surface area contributed by atoms with Crippen LogP contribution in [0.1, 0.15) is 27.4 Å². The zero-order chi connectivity index (χ0) is 13.8. The van der Waals surface area contributed by atoms with Crippen LogP contribution < -0.4 is 5.73 Å². The van der Waals surface area contributed by atoms with Crippen LogP contribution in [0, 0.1) is 13.8 Å². The topological polar surface area (TPSA) is 42.2 Å². The van der Waals surface area contributed by atoms with E-state index in [-0.39, 0.29) is 0 Å². The maximum Gasteiger partial charge on any atom is 0.0897 e. The van der Waals surface area contributed by atoms with Gasteiger partial charge in [0.25, 0.3) is 0 Å². The molecular weight excluding hydrogens is 254 g/mol. The number of aryl methyl sites for hydroxylation is 2. The molecule has 0 spiro atoms. The number of nitrogens with zero attached hydrogens (tertiary/aromatic N) is 2. The van der Waals surface area contributed by atoms with E-state index in [1.54, 1.807) is 11.3 Å². The molecule has 0 aliphatic carbocycles. The summed E-state index contributed by atoms with van der Waals surface area (Å²) in [6.07, 6.45) is 0. The van der Waals surface area contributed by atoms with Gasteiger partial charge in [-0.3, -0.25) is 4.90 Å². The van der Waals surface area contributed by atoms with Crippen LogP contribution in [0.15, 0.2) is 23.6 Å². The maximum absolute atomic E-state index is 5.66. The first-order valence-corrected chi connectivity index (χ1v) is 7.34. The molecule has 0 atom stereocenters. The van der Waals surface area contributed by atoms with E-state index in [0.717, 1.165) is 23.8 Å². The van der Waals surface area contributed by atoms with Crippen molar-refractivity contribution in [3.8, 4) is 0 Å². The molecule has 2 rings (SSSR count). The van der Waals surface area contributed by atoms with E-state index in [0.29, 0.717) is 6.54 Å². The zero-order valence-electron chi connectivity index (χ0n) is 11.8. The minimum Gasteiger partial charge on any atom is -0.326 e. The van der Waals surface area contributed by atoms with Gasteiger partial charge in [0.2, 0.25) is 0 Å². The molecule has 2 aromatic rings. The molecule has 1 aromatic carbocycles. The molecule has 0 aliphatic heterocycles. The Bertz CT molecular complexity index is 548. The highest BCUT2D eigenvalue weighted by Crippen LogP contribution is 2.15. The average molecular weight is 275 g/mol. The Balaban J connectivity index is 2.00. The third-order valence-electron chi connectivity index (χ3n) is 3.18. The highest BCUT2D eigenvalue weighted by Gasteiger charge is 2.06. The normalized spacial score (nSPS) is 11.2. The van der Waals surface area contributed by atoms with E-state index < -0.39 is 0 Å². The van der Waals surface area contributed by atoms with Crippen molar-refractivity contribution in [2.45, 2.75) is 33.5 Å². The molecule has 0 aliphatic rings. The molecule has 102 valence electrons. The van der Waals surface area contributed by atoms with E-state index in [1.165, 1.54) is 16.7 Å². The van der Waals surface area contributed by atoms with E-state index >= 15 is 0 Å². The van der Waals surface area contributed by atoms with E-state index in [1.807, 2.05) is 6.92 Å². The van der Waals surface area contributed by atoms with Gasteiger partial charge in [-0.25, -0.2) is 4.98 Å². The van der Waals surface area contributed by atoms with Crippen molar-refractivity contribution in [2.24, 2.45) is 5.73 Å². The first-order valence-electron chi connectivity index (χ1n) is 6.46. The number of nitrogens with two attached hydrogens (primary N) is 1. The van der Waals surface area contributed by atoms with Gasteiger partial charge in [0, 0.05) is 25.0 Å². The summed E-state index contributed by atoms with van der Waals surface area (Å²) in [6.45, 7) is 6.63. The minimum absolute atomic E-state index is 0.606. The number of aromatic nitrogens is 1. The monoisotopic (exact) mass is 275 g/mol. The van der Waals surface area contributed by atoms with Crippen LogP contribution in [-0.2, 0) is 19.6 Å². The number of hydrogen-bond acceptors (Lipinski definition) is 4. The summed E-state index contributed by atoms with van der Waals surface area (Å²) in [6, 6.07) is 6.47. The molecule has 0 fully saturated rings. The van der Waals surface area contributed by atoms with E-state index in [4.69, 9.17) is 5.73 Å². The van der Waals surface area contributed by atoms with Crippen molar-refractivity contribution in [2.75, 3.05) is 7.05 Å². The highest BCUT2D eigenvalue weighted by molar-refractivity contribution is 7.09. The van der Waals surface area contributed by atoms with Gasteiger partial charge in [0.1, 0.15) is 0 Å². The second kappa shape index (κ2) is 6.28. The smallest absolute Gasteiger partial charge is 0.0897 e. The molecule has 0 radical (unpaired) electrons. The van der Waals surface area contributed by atoms with Crippen LogP contribution in [-0.4, -0.2) is 16.9 Å². The molecule has 1 heterocycles. The van der Waals surface area contributed by atoms with Crippen LogP contribution in [0.4, 0.5) is 0 Å². The van der Waals surface area contributed by atoms with Crippen molar-refractivity contribution < 1.29 is 0 Å². The predicted molar refractivity (Wildman–Crippen MR) is 81.1 cm³/mol. The number of thiazole rings is 1. The maximum atomic E-state index is 5.66. The predicted octanol–water partition coefficient (Wildman–Crippen LogP) is 2.85. The second-order valence-electron chi connectivity index (χ2n) is 5.00. The lowest BCUT2D eigenvalue weighted by molar-refractivity contribution is 0.315. The molecule has 0 saturated heterocycles. The van der Waals surface area contributed by atoms with Gasteiger partial charge >= 0.3 is 0 Å². The number of benzene rings is 1. The van der Waals surface area contributed by atoms with Gasteiger partial charge in [0.05, 0.1) is 10.7 Å². The Kier molecular flexibility index (Phi) is 4.69. The fourth-order valence-electron chi connectivity index (χ4n) is 2.17. The SMILES string of the molecule is Cc1nc(CN(C)Cc2ccc(CN)cc2C)cs1. The van der Waals surface area contributed by atoms with Gasteiger partial charge in [-0.05, 0) is 37.6 Å². The second-order valence-corrected chi connectivity index (χ2v) is 6.06. The standard InChI is InChI=1S/C15H21N3S/c1-11-6-13(7-16)4-5-14(11)8-18(3)9-15-10-19-12(2)17-15/h4-6,10H,7-9,16H2,1-3H3. The minimum atomic E-state index is 0.606. The summed E-state index contributed by atoms with van der Waals surface area (Å²) >= 11 is 1.71. The molecule has 1 aromatic heterocycles. The first-order chi connectivity index (χ1) is 9.08. The number of rotatable bonds is 5. The van der Waals surface area contributed by atoms with Crippen LogP contribution in [0.25, 0.3) is 0 Å². The van der Waals surface area contributed by atoms with Gasteiger partial charge in [-0.1, -0.05) is 18.2 Å². The Hall–Kier alpha value is -1.23. The molecule has 2 N–H and O–H groups in total. The molecule has 4 heteroatoms. The fraction of sp³-hybridized carbons (Fsp3) is 0.400. The lowest BCUT2D eigenvalue weighted by Crippen LogP contribution is -2.18. The Morgan fingerprint density at radius 3 is 2.63 bits per heavy atom. The largest absolute Gasteiger partial charge is 0.326 e. The van der Waals surface area contributed by atoms with Crippen LogP contribution in [0.3, 0.4) is 0 Å². The van der Waals surface area contributed by atoms with Crippen LogP contribution in [0.5, 0.6) is 0 Å². The number of hydrogen-bond donors (Lipinski definition) is 1. The molecule has 0 unspecified atom stereocenters. The van der Waals surface area contributed by atoms with Crippen molar-refractivity contribution in [3.63, 3.8) is 0 Å². The van der Waals surface area contributed by atoms with E-state index in [2.05, 4.69) is 47.4 Å². The third kappa shape index (κ3) is 3.86. The van der Waals surface area contributed by atoms with Crippen molar-refractivity contribution in [3.05, 3.63) is 51.0 Å². The lowest BCUT2D eigenvalue weighted by atomic mass is 10.0. The summed E-state index contributed by atoms with van der Waals surface area (Å²) < 4.78 is 0. The van der Waals surface area contributed by atoms with Gasteiger partial charge in [-0.2, -0.15) is 0 Å². The molecule has 0 bridgehead atoms. The summed E-state index contributed by atoms with van der Waals surface area (Å²) in [5, 5.41) is 3.27. The Morgan fingerprint density at radius 1 is 1.26 bits per heavy atom. The average Bonchev–Trinajstić information content (AvgIpc) is 2.77. The Morgan fingerprint density at radius 2 is 2.05 bits per heavy atom. The lowest BCUT2D eigenvalue weighted by Gasteiger charge is -2.17. The van der Waals surface area contributed by atoms with Crippen LogP contribution in [0.2, 0.25) is 0 Å². The molecule has 19 heavy (non-hydrogen) atoms. The van der Waals surface area contributed by atoms with Crippen molar-refractivity contribution in [1.82, 2.24) is 9.88 Å². The van der Waals surface area contributed by atoms with Crippen LogP contribution >= 0.6 is 11.3 Å². The highest BCUT2D eigenvalue weighted by atomic mass is 32.1. The van der Waals surface area contributed by atoms with Crippen molar-refractivity contribution >= 4 is 11.3 Å². The third-order valence-corrected chi connectivity index (χ3v) is 4.00. The zero-order valence-corrected chi connectivity index (χ0v) is 12.6. The summed E-state index contributed by atoms with van der Waals surface area (Å²) in [5.41, 5.74) is 10.7. The first kappa shape index (κ1) is 14.2. The van der Waals surface area contributed by atoms with Gasteiger partial charge in [-0.15, -0.1) is 11.3 Å². The Labute approximate surface area is 119 Å². The van der Waals surface area contributed by atoms with Gasteiger partial charge < -0.3 is 5.73 Å². The van der Waals surface area contributed by atoms with E-state index in [9.17, 15) is 0 Å². The summed E-state index contributed by atoms with van der Waals surface area (Å²) in [4.78, 5) is 6.79. The molecule has 0 saturated carbocycles. The molecular formula is C15H21N3S. The summed E-state index contributed by atoms with van der Waals surface area (Å²) in [7, 11) is 2.13. The van der Waals surface area contributed by atoms with Gasteiger partial charge in [0.15, 0.2) is 0 Å².